The molecule has 0 saturated carbocycles. The first-order valence-electron chi connectivity index (χ1n) is 9.53. The fourth-order valence-corrected chi connectivity index (χ4v) is 2.85. The Balaban J connectivity index is 0.00000300. The minimum atomic E-state index is 0. The molecule has 29 heavy (non-hydrogen) atoms. The average molecular weight is 422 g/mol. The van der Waals surface area contributed by atoms with Crippen LogP contribution >= 0.6 is 12.4 Å². The molecule has 0 aliphatic rings. The van der Waals surface area contributed by atoms with Crippen molar-refractivity contribution in [2.24, 2.45) is 0 Å². The molecule has 3 aromatic rings. The molecule has 0 aliphatic heterocycles. The molecule has 8 heteroatoms. The number of aliphatic hydroxyl groups is 2. The maximum absolute atomic E-state index is 8.76. The summed E-state index contributed by atoms with van der Waals surface area (Å²) >= 11 is 0. The van der Waals surface area contributed by atoms with Crippen molar-refractivity contribution in [2.75, 3.05) is 52.6 Å². The topological polar surface area (TPSA) is 95.9 Å². The summed E-state index contributed by atoms with van der Waals surface area (Å²) in [5.74, 6) is 1.54. The second-order valence-electron chi connectivity index (χ2n) is 6.34. The van der Waals surface area contributed by atoms with Crippen LogP contribution in [0.4, 0.5) is 0 Å². The quantitative estimate of drug-likeness (QED) is 0.261. The van der Waals surface area contributed by atoms with Crippen molar-refractivity contribution in [3.63, 3.8) is 0 Å². The van der Waals surface area contributed by atoms with E-state index in [-0.39, 0.29) is 25.6 Å². The molecule has 0 spiro atoms. The Bertz CT molecular complexity index is 825. The summed E-state index contributed by atoms with van der Waals surface area (Å²) in [5, 5.41) is 25.8. The molecule has 0 amide bonds. The van der Waals surface area contributed by atoms with Crippen LogP contribution in [0.1, 0.15) is 0 Å². The largest absolute Gasteiger partial charge is 0.492 e. The zero-order valence-electron chi connectivity index (χ0n) is 16.3. The minimum absolute atomic E-state index is 0. The second-order valence-corrected chi connectivity index (χ2v) is 6.34. The zero-order chi connectivity index (χ0) is 19.6. The highest BCUT2D eigenvalue weighted by atomic mass is 35.5. The van der Waals surface area contributed by atoms with Gasteiger partial charge in [-0.15, -0.1) is 12.4 Å². The lowest BCUT2D eigenvalue weighted by atomic mass is 10.1. The lowest BCUT2D eigenvalue weighted by Gasteiger charge is -2.10. The van der Waals surface area contributed by atoms with Gasteiger partial charge in [-0.05, 0) is 30.3 Å². The third kappa shape index (κ3) is 6.99. The summed E-state index contributed by atoms with van der Waals surface area (Å²) in [6.45, 7) is 3.79. The van der Waals surface area contributed by atoms with E-state index in [4.69, 9.17) is 24.7 Å². The number of pyridine rings is 1. The second kappa shape index (κ2) is 12.4. The number of hydrogen-bond donors (Lipinski definition) is 4. The molecule has 0 unspecified atom stereocenters. The number of halogens is 1. The molecule has 3 rings (SSSR count). The summed E-state index contributed by atoms with van der Waals surface area (Å²) in [6.07, 6.45) is 0. The van der Waals surface area contributed by atoms with Gasteiger partial charge in [-0.25, -0.2) is 4.98 Å². The Morgan fingerprint density at radius 1 is 0.690 bits per heavy atom. The third-order valence-corrected chi connectivity index (χ3v) is 4.23. The molecule has 0 atom stereocenters. The summed E-state index contributed by atoms with van der Waals surface area (Å²) < 4.78 is 11.5. The van der Waals surface area contributed by atoms with Crippen molar-refractivity contribution in [2.45, 2.75) is 0 Å². The number of nitrogens with zero attached hydrogens (tertiary/aromatic N) is 1. The maximum atomic E-state index is 8.76. The van der Waals surface area contributed by atoms with Crippen molar-refractivity contribution < 1.29 is 19.7 Å². The van der Waals surface area contributed by atoms with Crippen LogP contribution in [0.15, 0.2) is 42.5 Å². The van der Waals surface area contributed by atoms with Gasteiger partial charge in [0.15, 0.2) is 0 Å². The molecule has 1 heterocycles. The SMILES string of the molecule is Cl.OCCNCCOc1ccc2cc3ccc(OCCNCCO)cc3nc2c1. The van der Waals surface area contributed by atoms with Crippen LogP contribution < -0.4 is 20.1 Å². The zero-order valence-corrected chi connectivity index (χ0v) is 17.1. The molecular weight excluding hydrogens is 394 g/mol. The summed E-state index contributed by atoms with van der Waals surface area (Å²) in [6, 6.07) is 13.9. The van der Waals surface area contributed by atoms with Gasteiger partial charge in [-0.2, -0.15) is 0 Å². The first-order chi connectivity index (χ1) is 13.8. The molecule has 0 bridgehead atoms. The van der Waals surface area contributed by atoms with Gasteiger partial charge >= 0.3 is 0 Å². The third-order valence-electron chi connectivity index (χ3n) is 4.23. The summed E-state index contributed by atoms with van der Waals surface area (Å²) in [4.78, 5) is 4.76. The minimum Gasteiger partial charge on any atom is -0.492 e. The number of aliphatic hydroxyl groups excluding tert-OH is 2. The van der Waals surface area contributed by atoms with Gasteiger partial charge in [0.2, 0.25) is 0 Å². The number of benzene rings is 2. The lowest BCUT2D eigenvalue weighted by Crippen LogP contribution is -2.23. The van der Waals surface area contributed by atoms with E-state index in [1.165, 1.54) is 0 Å². The first-order valence-corrected chi connectivity index (χ1v) is 9.53. The van der Waals surface area contributed by atoms with Crippen molar-refractivity contribution >= 4 is 34.2 Å². The molecule has 7 nitrogen and oxygen atoms in total. The van der Waals surface area contributed by atoms with Gasteiger partial charge in [0.05, 0.1) is 24.2 Å². The van der Waals surface area contributed by atoms with Gasteiger partial charge < -0.3 is 30.3 Å². The first kappa shape index (κ1) is 23.1. The van der Waals surface area contributed by atoms with Crippen LogP contribution in [-0.2, 0) is 0 Å². The van der Waals surface area contributed by atoms with Gasteiger partial charge in [0.25, 0.3) is 0 Å². The smallest absolute Gasteiger partial charge is 0.121 e. The molecule has 0 fully saturated rings. The van der Waals surface area contributed by atoms with E-state index >= 15 is 0 Å². The molecule has 0 radical (unpaired) electrons. The molecule has 2 aromatic carbocycles. The van der Waals surface area contributed by atoms with E-state index < -0.39 is 0 Å². The fraction of sp³-hybridized carbons (Fsp3) is 0.381. The van der Waals surface area contributed by atoms with E-state index in [1.54, 1.807) is 0 Å². The number of rotatable bonds is 12. The van der Waals surface area contributed by atoms with Crippen molar-refractivity contribution in [1.29, 1.82) is 0 Å². The van der Waals surface area contributed by atoms with Crippen molar-refractivity contribution in [1.82, 2.24) is 15.6 Å². The Labute approximate surface area is 176 Å². The molecule has 0 saturated heterocycles. The normalized spacial score (nSPS) is 10.8. The van der Waals surface area contributed by atoms with Crippen molar-refractivity contribution in [3.05, 3.63) is 42.5 Å². The Morgan fingerprint density at radius 2 is 1.17 bits per heavy atom. The highest BCUT2D eigenvalue weighted by Crippen LogP contribution is 2.26. The molecule has 0 aliphatic carbocycles. The Kier molecular flexibility index (Phi) is 9.90. The summed E-state index contributed by atoms with van der Waals surface area (Å²) in [7, 11) is 0. The number of fused-ring (bicyclic) bond motifs is 2. The molecule has 4 N–H and O–H groups in total. The average Bonchev–Trinajstić information content (AvgIpc) is 2.72. The van der Waals surface area contributed by atoms with Gasteiger partial charge in [-0.3, -0.25) is 0 Å². The van der Waals surface area contributed by atoms with E-state index in [1.807, 2.05) is 36.4 Å². The fourth-order valence-electron chi connectivity index (χ4n) is 2.85. The Morgan fingerprint density at radius 3 is 1.62 bits per heavy atom. The number of hydrogen-bond acceptors (Lipinski definition) is 7. The highest BCUT2D eigenvalue weighted by molar-refractivity contribution is 5.93. The molecule has 1 aromatic heterocycles. The number of aromatic nitrogens is 1. The van der Waals surface area contributed by atoms with Gasteiger partial charge in [0.1, 0.15) is 24.7 Å². The lowest BCUT2D eigenvalue weighted by molar-refractivity contribution is 0.275. The van der Waals surface area contributed by atoms with E-state index in [9.17, 15) is 0 Å². The van der Waals surface area contributed by atoms with Crippen LogP contribution in [0.5, 0.6) is 11.5 Å². The number of ether oxygens (including phenoxy) is 2. The monoisotopic (exact) mass is 421 g/mol. The standard InChI is InChI=1S/C21H27N3O4.ClH/c25-9-5-22-7-11-27-18-3-1-16-13-17-2-4-19(28-12-8-23-6-10-26)15-21(17)24-20(16)14-18;/h1-4,13-15,22-23,25-26H,5-12H2;1H. The molecular formula is C21H28ClN3O4. The highest BCUT2D eigenvalue weighted by Gasteiger charge is 2.04. The maximum Gasteiger partial charge on any atom is 0.121 e. The molecule has 158 valence electrons. The van der Waals surface area contributed by atoms with Crippen molar-refractivity contribution in [3.8, 4) is 11.5 Å². The number of nitrogens with one attached hydrogen (secondary N) is 2. The van der Waals surface area contributed by atoms with E-state index in [2.05, 4.69) is 16.7 Å². The van der Waals surface area contributed by atoms with E-state index in [0.29, 0.717) is 39.4 Å². The Hall–Kier alpha value is -2.16. The van der Waals surface area contributed by atoms with Crippen LogP contribution in [0, 0.1) is 0 Å². The van der Waals surface area contributed by atoms with Crippen LogP contribution in [0.25, 0.3) is 21.8 Å². The van der Waals surface area contributed by atoms with Crippen LogP contribution in [0.3, 0.4) is 0 Å². The van der Waals surface area contributed by atoms with Gasteiger partial charge in [0, 0.05) is 49.1 Å². The van der Waals surface area contributed by atoms with E-state index in [0.717, 1.165) is 33.3 Å². The summed E-state index contributed by atoms with van der Waals surface area (Å²) in [5.41, 5.74) is 1.74. The predicted molar refractivity (Wildman–Crippen MR) is 117 cm³/mol. The van der Waals surface area contributed by atoms with Crippen LogP contribution in [0.2, 0.25) is 0 Å². The van der Waals surface area contributed by atoms with Crippen LogP contribution in [-0.4, -0.2) is 67.8 Å². The predicted octanol–water partition coefficient (Wildman–Crippen LogP) is 1.73. The van der Waals surface area contributed by atoms with Gasteiger partial charge in [-0.1, -0.05) is 0 Å².